The van der Waals surface area contributed by atoms with Crippen molar-refractivity contribution in [1.82, 2.24) is 10.2 Å². The normalized spacial score (nSPS) is 22.8. The van der Waals surface area contributed by atoms with Gasteiger partial charge in [0.25, 0.3) is 5.91 Å². The Balaban J connectivity index is 1.09. The molecule has 0 aromatic heterocycles. The molecule has 4 aromatic carbocycles. The number of methoxy groups -OCH3 is 2. The summed E-state index contributed by atoms with van der Waals surface area (Å²) in [5, 5.41) is 12.2. The number of anilines is 1. The molecule has 0 saturated carbocycles. The van der Waals surface area contributed by atoms with Crippen molar-refractivity contribution in [2.24, 2.45) is 5.92 Å². The summed E-state index contributed by atoms with van der Waals surface area (Å²) in [6.07, 6.45) is -1.53. The van der Waals surface area contributed by atoms with Gasteiger partial charge in [-0.15, -0.1) is 0 Å². The number of nitrogens with zero attached hydrogens (tertiary/aromatic N) is 2. The highest BCUT2D eigenvalue weighted by Crippen LogP contribution is 2.43. The van der Waals surface area contributed by atoms with Gasteiger partial charge in [-0.2, -0.15) is 0 Å². The first kappa shape index (κ1) is 37.1. The largest absolute Gasteiger partial charge is 0.493 e. The molecular weight excluding hydrogens is 690 g/mol. The van der Waals surface area contributed by atoms with Gasteiger partial charge in [0.1, 0.15) is 12.6 Å². The average molecular weight is 736 g/mol. The van der Waals surface area contributed by atoms with E-state index in [9.17, 15) is 19.5 Å². The lowest BCUT2D eigenvalue weighted by molar-refractivity contribution is -0.276. The minimum Gasteiger partial charge on any atom is -0.493 e. The van der Waals surface area contributed by atoms with Crippen LogP contribution in [0.15, 0.2) is 91.0 Å². The van der Waals surface area contributed by atoms with E-state index in [0.29, 0.717) is 30.1 Å². The Kier molecular flexibility index (Phi) is 11.3. The number of benzene rings is 4. The number of nitrogens with one attached hydrogen (secondary N) is 1. The van der Waals surface area contributed by atoms with Crippen LogP contribution in [0.1, 0.15) is 59.1 Å². The number of hydrogen-bond donors (Lipinski definition) is 2. The second-order valence-corrected chi connectivity index (χ2v) is 13.9. The standard InChI is InChI=1S/C42H45N3O9/c1-26-37(23-44-17-16-30-19-35(50-2)36(51-3)20-32(30)22-44)53-41(54-39(26)29-14-12-27(24-46)13-15-29)31-10-7-11-33(18-31)45-38(47)21-34(40(45)48)43-42(49)52-25-28-8-5-4-6-9-28/h4-15,18-20,26,34,37,39,41,46H,16-17,21-25H2,1-3H3,(H,43,49). The molecule has 2 saturated heterocycles. The topological polar surface area (TPSA) is 136 Å². The van der Waals surface area contributed by atoms with Gasteiger partial charge >= 0.3 is 6.09 Å². The molecule has 12 nitrogen and oxygen atoms in total. The van der Waals surface area contributed by atoms with Gasteiger partial charge in [0.05, 0.1) is 45.1 Å². The zero-order valence-corrected chi connectivity index (χ0v) is 30.6. The summed E-state index contributed by atoms with van der Waals surface area (Å²) in [5.74, 6) is 0.375. The van der Waals surface area contributed by atoms with Crippen LogP contribution in [0.25, 0.3) is 0 Å². The quantitative estimate of drug-likeness (QED) is 0.187. The van der Waals surface area contributed by atoms with E-state index in [0.717, 1.165) is 40.3 Å². The minimum absolute atomic E-state index is 0.0376. The van der Waals surface area contributed by atoms with E-state index >= 15 is 0 Å². The van der Waals surface area contributed by atoms with Crippen molar-refractivity contribution in [3.05, 3.63) is 124 Å². The molecule has 5 unspecified atom stereocenters. The Bertz CT molecular complexity index is 1970. The van der Waals surface area contributed by atoms with Crippen LogP contribution in [0.3, 0.4) is 0 Å². The molecule has 12 heteroatoms. The van der Waals surface area contributed by atoms with Gasteiger partial charge in [-0.1, -0.05) is 73.7 Å². The van der Waals surface area contributed by atoms with Crippen LogP contribution in [0.4, 0.5) is 10.5 Å². The number of imide groups is 1. The number of hydrogen-bond acceptors (Lipinski definition) is 10. The SMILES string of the molecule is COc1cc2c(cc1OC)CN(CC1OC(c3cccc(N4C(=O)CC(NC(=O)OCc5ccccc5)C4=O)c3)OC(c3ccc(CO)cc3)C1C)CC2. The zero-order chi connectivity index (χ0) is 37.8. The summed E-state index contributed by atoms with van der Waals surface area (Å²) in [6.45, 7) is 4.28. The van der Waals surface area contributed by atoms with Crippen molar-refractivity contribution < 1.29 is 43.2 Å². The van der Waals surface area contributed by atoms with Gasteiger partial charge in [0.15, 0.2) is 17.8 Å². The molecule has 4 aromatic rings. The maximum atomic E-state index is 13.5. The van der Waals surface area contributed by atoms with Gasteiger partial charge in [-0.3, -0.25) is 14.5 Å². The molecule has 282 valence electrons. The molecule has 3 aliphatic rings. The third-order valence-corrected chi connectivity index (χ3v) is 10.4. The molecule has 2 fully saturated rings. The lowest BCUT2D eigenvalue weighted by Gasteiger charge is -2.43. The second-order valence-electron chi connectivity index (χ2n) is 13.9. The fraction of sp³-hybridized carbons (Fsp3) is 0.357. The highest BCUT2D eigenvalue weighted by atomic mass is 16.7. The van der Waals surface area contributed by atoms with Crippen LogP contribution in [-0.2, 0) is 50.0 Å². The van der Waals surface area contributed by atoms with E-state index in [1.54, 1.807) is 32.4 Å². The van der Waals surface area contributed by atoms with E-state index in [2.05, 4.69) is 23.2 Å². The molecule has 0 spiro atoms. The molecule has 5 atom stereocenters. The van der Waals surface area contributed by atoms with Gasteiger partial charge in [-0.05, 0) is 58.5 Å². The average Bonchev–Trinajstić information content (AvgIpc) is 3.48. The Hall–Kier alpha value is -5.27. The lowest BCUT2D eigenvalue weighted by Crippen LogP contribution is -2.45. The molecule has 0 bridgehead atoms. The fourth-order valence-corrected chi connectivity index (χ4v) is 7.41. The third-order valence-electron chi connectivity index (χ3n) is 10.4. The van der Waals surface area contributed by atoms with E-state index in [4.69, 9.17) is 23.7 Å². The highest BCUT2D eigenvalue weighted by molar-refractivity contribution is 6.22. The number of alkyl carbamates (subject to hydrolysis) is 1. The van der Waals surface area contributed by atoms with Crippen molar-refractivity contribution >= 4 is 23.6 Å². The number of rotatable bonds is 11. The number of carbonyl (C=O) groups excluding carboxylic acids is 3. The number of fused-ring (bicyclic) bond motifs is 1. The number of ether oxygens (including phenoxy) is 5. The van der Waals surface area contributed by atoms with E-state index in [-0.39, 0.29) is 37.8 Å². The summed E-state index contributed by atoms with van der Waals surface area (Å²) in [6, 6.07) is 27.0. The molecule has 7 rings (SSSR count). The molecular formula is C42H45N3O9. The van der Waals surface area contributed by atoms with Crippen molar-refractivity contribution in [3.8, 4) is 11.5 Å². The van der Waals surface area contributed by atoms with Crippen LogP contribution < -0.4 is 19.7 Å². The maximum absolute atomic E-state index is 13.5. The predicted octanol–water partition coefficient (Wildman–Crippen LogP) is 5.60. The van der Waals surface area contributed by atoms with Crippen molar-refractivity contribution in [1.29, 1.82) is 0 Å². The van der Waals surface area contributed by atoms with Crippen LogP contribution in [0, 0.1) is 5.92 Å². The first-order chi connectivity index (χ1) is 26.2. The summed E-state index contributed by atoms with van der Waals surface area (Å²) in [4.78, 5) is 42.8. The smallest absolute Gasteiger partial charge is 0.408 e. The Morgan fingerprint density at radius 2 is 1.61 bits per heavy atom. The van der Waals surface area contributed by atoms with Gasteiger partial charge in [-0.25, -0.2) is 9.69 Å². The molecule has 0 aliphatic carbocycles. The summed E-state index contributed by atoms with van der Waals surface area (Å²) < 4.78 is 29.9. The van der Waals surface area contributed by atoms with Crippen LogP contribution in [-0.4, -0.2) is 67.4 Å². The summed E-state index contributed by atoms with van der Waals surface area (Å²) in [5.41, 5.74) is 5.96. The number of aliphatic hydroxyl groups excluding tert-OH is 1. The zero-order valence-electron chi connectivity index (χ0n) is 30.6. The Morgan fingerprint density at radius 3 is 2.33 bits per heavy atom. The molecule has 3 amide bonds. The Labute approximate surface area is 314 Å². The number of amides is 3. The monoisotopic (exact) mass is 735 g/mol. The number of carbonyl (C=O) groups is 3. The van der Waals surface area contributed by atoms with Gasteiger partial charge in [0.2, 0.25) is 5.91 Å². The molecule has 54 heavy (non-hydrogen) atoms. The molecule has 3 aliphatic heterocycles. The van der Waals surface area contributed by atoms with E-state index in [1.807, 2.05) is 66.7 Å². The maximum Gasteiger partial charge on any atom is 0.408 e. The van der Waals surface area contributed by atoms with Crippen molar-refractivity contribution in [2.75, 3.05) is 32.2 Å². The summed E-state index contributed by atoms with van der Waals surface area (Å²) >= 11 is 0. The molecule has 2 N–H and O–H groups in total. The Morgan fingerprint density at radius 1 is 0.870 bits per heavy atom. The summed E-state index contributed by atoms with van der Waals surface area (Å²) in [7, 11) is 3.28. The van der Waals surface area contributed by atoms with Crippen molar-refractivity contribution in [2.45, 2.75) is 64.1 Å². The minimum atomic E-state index is -1.06. The van der Waals surface area contributed by atoms with Gasteiger partial charge in [0, 0.05) is 31.1 Å². The van der Waals surface area contributed by atoms with Crippen LogP contribution >= 0.6 is 0 Å². The van der Waals surface area contributed by atoms with E-state index in [1.165, 1.54) is 11.1 Å². The lowest BCUT2D eigenvalue weighted by atomic mass is 9.89. The van der Waals surface area contributed by atoms with Crippen LogP contribution in [0.5, 0.6) is 11.5 Å². The third kappa shape index (κ3) is 7.97. The number of aliphatic hydroxyl groups is 1. The molecule has 0 radical (unpaired) electrons. The van der Waals surface area contributed by atoms with Crippen molar-refractivity contribution in [3.63, 3.8) is 0 Å². The van der Waals surface area contributed by atoms with E-state index < -0.39 is 30.2 Å². The highest BCUT2D eigenvalue weighted by Gasteiger charge is 2.42. The fourth-order valence-electron chi connectivity index (χ4n) is 7.41. The first-order valence-electron chi connectivity index (χ1n) is 18.1. The van der Waals surface area contributed by atoms with Gasteiger partial charge < -0.3 is 34.1 Å². The first-order valence-corrected chi connectivity index (χ1v) is 18.1. The predicted molar refractivity (Wildman–Crippen MR) is 199 cm³/mol. The molecule has 3 heterocycles. The van der Waals surface area contributed by atoms with Crippen LogP contribution in [0.2, 0.25) is 0 Å². The second kappa shape index (κ2) is 16.4.